The zero-order valence-corrected chi connectivity index (χ0v) is 12.3. The maximum atomic E-state index is 5.38. The molecule has 1 aliphatic heterocycles. The number of ether oxygens (including phenoxy) is 2. The lowest BCUT2D eigenvalue weighted by atomic mass is 10.1. The third-order valence-electron chi connectivity index (χ3n) is 3.29. The van der Waals surface area contributed by atoms with Gasteiger partial charge in [0.05, 0.1) is 0 Å². The van der Waals surface area contributed by atoms with E-state index in [9.17, 15) is 0 Å². The highest BCUT2D eigenvalue weighted by molar-refractivity contribution is 5.47. The van der Waals surface area contributed by atoms with E-state index in [1.807, 2.05) is 13.0 Å². The molecule has 1 aliphatic rings. The van der Waals surface area contributed by atoms with E-state index in [1.54, 1.807) is 7.11 Å². The Hall–Kier alpha value is -1.40. The van der Waals surface area contributed by atoms with Crippen LogP contribution in [0.1, 0.15) is 25.6 Å². The summed E-state index contributed by atoms with van der Waals surface area (Å²) in [6.07, 6.45) is 2.28. The van der Waals surface area contributed by atoms with Crippen molar-refractivity contribution in [2.24, 2.45) is 5.92 Å². The van der Waals surface area contributed by atoms with Crippen molar-refractivity contribution in [3.8, 4) is 0 Å². The van der Waals surface area contributed by atoms with Gasteiger partial charge in [-0.2, -0.15) is 0 Å². The van der Waals surface area contributed by atoms with Gasteiger partial charge in [-0.05, 0) is 25.7 Å². The average Bonchev–Trinajstić information content (AvgIpc) is 2.92. The molecule has 1 aromatic rings. The molecule has 0 radical (unpaired) electrons. The zero-order chi connectivity index (χ0) is 14.2. The second-order valence-electron chi connectivity index (χ2n) is 4.96. The SMILES string of the molecule is CCNc1cc(NCCC2CCOC2)nc(COC)n1. The molecule has 2 rings (SSSR count). The van der Waals surface area contributed by atoms with E-state index in [0.29, 0.717) is 18.3 Å². The fourth-order valence-corrected chi connectivity index (χ4v) is 2.27. The number of hydrogen-bond donors (Lipinski definition) is 2. The van der Waals surface area contributed by atoms with E-state index in [-0.39, 0.29) is 0 Å². The average molecular weight is 280 g/mol. The third kappa shape index (κ3) is 4.61. The van der Waals surface area contributed by atoms with Crippen LogP contribution >= 0.6 is 0 Å². The fraction of sp³-hybridized carbons (Fsp3) is 0.714. The summed E-state index contributed by atoms with van der Waals surface area (Å²) in [5.74, 6) is 3.05. The molecular formula is C14H24N4O2. The van der Waals surface area contributed by atoms with E-state index in [0.717, 1.165) is 44.4 Å². The van der Waals surface area contributed by atoms with Crippen molar-refractivity contribution in [2.75, 3.05) is 44.0 Å². The van der Waals surface area contributed by atoms with Crippen LogP contribution in [0.5, 0.6) is 0 Å². The molecule has 0 aliphatic carbocycles. The third-order valence-corrected chi connectivity index (χ3v) is 3.29. The molecule has 1 atom stereocenters. The highest BCUT2D eigenvalue weighted by Gasteiger charge is 2.15. The van der Waals surface area contributed by atoms with Crippen LogP contribution in [0.4, 0.5) is 11.6 Å². The Morgan fingerprint density at radius 1 is 1.35 bits per heavy atom. The van der Waals surface area contributed by atoms with Crippen LogP contribution < -0.4 is 10.6 Å². The molecule has 0 spiro atoms. The molecule has 20 heavy (non-hydrogen) atoms. The number of aromatic nitrogens is 2. The topological polar surface area (TPSA) is 68.3 Å². The van der Waals surface area contributed by atoms with Crippen molar-refractivity contribution in [1.82, 2.24) is 9.97 Å². The van der Waals surface area contributed by atoms with Gasteiger partial charge in [-0.3, -0.25) is 0 Å². The highest BCUT2D eigenvalue weighted by atomic mass is 16.5. The molecule has 0 amide bonds. The van der Waals surface area contributed by atoms with Crippen molar-refractivity contribution < 1.29 is 9.47 Å². The second-order valence-corrected chi connectivity index (χ2v) is 4.96. The van der Waals surface area contributed by atoms with Gasteiger partial charge in [-0.15, -0.1) is 0 Å². The highest BCUT2D eigenvalue weighted by Crippen LogP contribution is 2.17. The smallest absolute Gasteiger partial charge is 0.158 e. The molecule has 2 heterocycles. The number of nitrogens with zero attached hydrogens (tertiary/aromatic N) is 2. The van der Waals surface area contributed by atoms with Crippen LogP contribution in [0.15, 0.2) is 6.07 Å². The van der Waals surface area contributed by atoms with Gasteiger partial charge in [0.15, 0.2) is 5.82 Å². The lowest BCUT2D eigenvalue weighted by molar-refractivity contribution is 0.178. The van der Waals surface area contributed by atoms with Crippen LogP contribution in [0.3, 0.4) is 0 Å². The van der Waals surface area contributed by atoms with Crippen LogP contribution in [-0.2, 0) is 16.1 Å². The monoisotopic (exact) mass is 280 g/mol. The summed E-state index contributed by atoms with van der Waals surface area (Å²) in [6.45, 7) is 6.00. The van der Waals surface area contributed by atoms with Crippen LogP contribution in [0.25, 0.3) is 0 Å². The Balaban J connectivity index is 1.90. The minimum Gasteiger partial charge on any atom is -0.381 e. The molecule has 1 aromatic heterocycles. The summed E-state index contributed by atoms with van der Waals surface area (Å²) in [4.78, 5) is 8.84. The van der Waals surface area contributed by atoms with Crippen molar-refractivity contribution in [3.05, 3.63) is 11.9 Å². The summed E-state index contributed by atoms with van der Waals surface area (Å²) in [6, 6.07) is 1.94. The van der Waals surface area contributed by atoms with Gasteiger partial charge in [-0.25, -0.2) is 9.97 Å². The number of methoxy groups -OCH3 is 1. The summed E-state index contributed by atoms with van der Waals surface area (Å²) < 4.78 is 10.5. The first kappa shape index (κ1) is 15.0. The number of hydrogen-bond acceptors (Lipinski definition) is 6. The Morgan fingerprint density at radius 2 is 2.15 bits per heavy atom. The molecule has 1 unspecified atom stereocenters. The molecule has 0 bridgehead atoms. The van der Waals surface area contributed by atoms with E-state index < -0.39 is 0 Å². The molecular weight excluding hydrogens is 256 g/mol. The predicted octanol–water partition coefficient (Wildman–Crippen LogP) is 1.89. The van der Waals surface area contributed by atoms with Gasteiger partial charge in [0.2, 0.25) is 0 Å². The Bertz CT molecular complexity index is 384. The molecule has 0 saturated carbocycles. The Kier molecular flexibility index (Phi) is 6.01. The molecule has 112 valence electrons. The molecule has 6 nitrogen and oxygen atoms in total. The van der Waals surface area contributed by atoms with Gasteiger partial charge in [0.25, 0.3) is 0 Å². The Morgan fingerprint density at radius 3 is 2.80 bits per heavy atom. The molecule has 0 aromatic carbocycles. The lowest BCUT2D eigenvalue weighted by Gasteiger charge is -2.12. The standard InChI is InChI=1S/C14H24N4O2/c1-3-15-12-8-13(18-14(17-12)10-19-2)16-6-4-11-5-7-20-9-11/h8,11H,3-7,9-10H2,1-2H3,(H2,15,16,17,18). The summed E-state index contributed by atoms with van der Waals surface area (Å²) in [7, 11) is 1.65. The first-order valence-electron chi connectivity index (χ1n) is 7.24. The fourth-order valence-electron chi connectivity index (χ4n) is 2.27. The van der Waals surface area contributed by atoms with Crippen LogP contribution in [-0.4, -0.2) is 43.4 Å². The first-order valence-corrected chi connectivity index (χ1v) is 7.24. The van der Waals surface area contributed by atoms with E-state index >= 15 is 0 Å². The number of nitrogens with one attached hydrogen (secondary N) is 2. The van der Waals surface area contributed by atoms with Gasteiger partial charge in [0.1, 0.15) is 18.2 Å². The van der Waals surface area contributed by atoms with Crippen molar-refractivity contribution >= 4 is 11.6 Å². The zero-order valence-electron chi connectivity index (χ0n) is 12.3. The largest absolute Gasteiger partial charge is 0.381 e. The molecule has 1 fully saturated rings. The van der Waals surface area contributed by atoms with Gasteiger partial charge < -0.3 is 20.1 Å². The lowest BCUT2D eigenvalue weighted by Crippen LogP contribution is -2.12. The summed E-state index contributed by atoms with van der Waals surface area (Å²) >= 11 is 0. The molecule has 2 N–H and O–H groups in total. The van der Waals surface area contributed by atoms with Gasteiger partial charge >= 0.3 is 0 Å². The van der Waals surface area contributed by atoms with E-state index in [2.05, 4.69) is 20.6 Å². The van der Waals surface area contributed by atoms with Gasteiger partial charge in [0, 0.05) is 39.5 Å². The second kappa shape index (κ2) is 8.01. The van der Waals surface area contributed by atoms with Gasteiger partial charge in [-0.1, -0.05) is 0 Å². The Labute approximate surface area is 120 Å². The minimum atomic E-state index is 0.421. The number of rotatable bonds is 8. The maximum absolute atomic E-state index is 5.38. The predicted molar refractivity (Wildman–Crippen MR) is 78.9 cm³/mol. The normalized spacial score (nSPS) is 18.2. The van der Waals surface area contributed by atoms with Crippen molar-refractivity contribution in [1.29, 1.82) is 0 Å². The van der Waals surface area contributed by atoms with Crippen LogP contribution in [0.2, 0.25) is 0 Å². The van der Waals surface area contributed by atoms with E-state index in [4.69, 9.17) is 9.47 Å². The van der Waals surface area contributed by atoms with Crippen molar-refractivity contribution in [3.63, 3.8) is 0 Å². The minimum absolute atomic E-state index is 0.421. The molecule has 1 saturated heterocycles. The maximum Gasteiger partial charge on any atom is 0.158 e. The van der Waals surface area contributed by atoms with Crippen LogP contribution in [0, 0.1) is 5.92 Å². The quantitative estimate of drug-likeness (QED) is 0.758. The molecule has 6 heteroatoms. The number of anilines is 2. The van der Waals surface area contributed by atoms with E-state index in [1.165, 1.54) is 6.42 Å². The first-order chi connectivity index (χ1) is 9.81. The van der Waals surface area contributed by atoms with Crippen molar-refractivity contribution in [2.45, 2.75) is 26.4 Å². The summed E-state index contributed by atoms with van der Waals surface area (Å²) in [5, 5.41) is 6.58. The summed E-state index contributed by atoms with van der Waals surface area (Å²) in [5.41, 5.74) is 0.